The molecule has 1 rings (SSSR count). The SMILES string of the molecule is COc1ccc(C[NH2+]C(C)(C)CC(C)(C)C)c(OC)c1. The molecule has 3 nitrogen and oxygen atoms in total. The number of hydrogen-bond donors (Lipinski definition) is 1. The second kappa shape index (κ2) is 6.49. The monoisotopic (exact) mass is 280 g/mol. The van der Waals surface area contributed by atoms with E-state index in [1.807, 2.05) is 12.1 Å². The van der Waals surface area contributed by atoms with Gasteiger partial charge in [-0.15, -0.1) is 0 Å². The minimum absolute atomic E-state index is 0.211. The molecule has 1 aromatic rings. The maximum atomic E-state index is 5.45. The van der Waals surface area contributed by atoms with Gasteiger partial charge >= 0.3 is 0 Å². The predicted molar refractivity (Wildman–Crippen MR) is 83.3 cm³/mol. The quantitative estimate of drug-likeness (QED) is 0.869. The smallest absolute Gasteiger partial charge is 0.131 e. The molecule has 0 aromatic heterocycles. The fraction of sp³-hybridized carbons (Fsp3) is 0.647. The zero-order chi connectivity index (χ0) is 15.4. The average Bonchev–Trinajstić information content (AvgIpc) is 2.33. The molecule has 0 atom stereocenters. The molecule has 20 heavy (non-hydrogen) atoms. The van der Waals surface area contributed by atoms with E-state index < -0.39 is 0 Å². The zero-order valence-electron chi connectivity index (χ0n) is 14.0. The highest BCUT2D eigenvalue weighted by Gasteiger charge is 2.28. The van der Waals surface area contributed by atoms with Gasteiger partial charge < -0.3 is 14.8 Å². The van der Waals surface area contributed by atoms with Crippen LogP contribution < -0.4 is 14.8 Å². The normalized spacial score (nSPS) is 12.3. The van der Waals surface area contributed by atoms with Crippen molar-refractivity contribution < 1.29 is 14.8 Å². The maximum Gasteiger partial charge on any atom is 0.131 e. The van der Waals surface area contributed by atoms with E-state index in [1.54, 1.807) is 14.2 Å². The highest BCUT2D eigenvalue weighted by Crippen LogP contribution is 2.26. The predicted octanol–water partition coefficient (Wildman–Crippen LogP) is 2.98. The summed E-state index contributed by atoms with van der Waals surface area (Å²) in [6, 6.07) is 6.02. The summed E-state index contributed by atoms with van der Waals surface area (Å²) in [5.41, 5.74) is 1.75. The third kappa shape index (κ3) is 5.41. The minimum atomic E-state index is 0.211. The topological polar surface area (TPSA) is 35.1 Å². The van der Waals surface area contributed by atoms with E-state index in [4.69, 9.17) is 9.47 Å². The van der Waals surface area contributed by atoms with E-state index in [9.17, 15) is 0 Å². The number of nitrogens with two attached hydrogens (primary N) is 1. The van der Waals surface area contributed by atoms with Gasteiger partial charge in [-0.25, -0.2) is 0 Å². The molecule has 0 radical (unpaired) electrons. The molecule has 0 unspecified atom stereocenters. The molecule has 0 aliphatic heterocycles. The van der Waals surface area contributed by atoms with Gasteiger partial charge in [0.25, 0.3) is 0 Å². The lowest BCUT2D eigenvalue weighted by molar-refractivity contribution is -0.737. The second-order valence-electron chi connectivity index (χ2n) is 7.31. The fourth-order valence-corrected chi connectivity index (χ4v) is 2.85. The summed E-state index contributed by atoms with van der Waals surface area (Å²) < 4.78 is 10.7. The molecule has 114 valence electrons. The highest BCUT2D eigenvalue weighted by molar-refractivity contribution is 5.40. The Hall–Kier alpha value is -1.22. The Labute approximate surface area is 123 Å². The van der Waals surface area contributed by atoms with Gasteiger partial charge in [0, 0.05) is 18.1 Å². The van der Waals surface area contributed by atoms with E-state index in [1.165, 1.54) is 12.0 Å². The van der Waals surface area contributed by atoms with E-state index in [-0.39, 0.29) is 5.54 Å². The van der Waals surface area contributed by atoms with Crippen LogP contribution in [-0.2, 0) is 6.54 Å². The van der Waals surface area contributed by atoms with Crippen LogP contribution in [0.1, 0.15) is 46.6 Å². The van der Waals surface area contributed by atoms with Crippen molar-refractivity contribution in [3.05, 3.63) is 23.8 Å². The standard InChI is InChI=1S/C17H29NO2/c1-16(2,3)12-17(4,5)18-11-13-8-9-14(19-6)10-15(13)20-7/h8-10,18H,11-12H2,1-7H3/p+1. The second-order valence-corrected chi connectivity index (χ2v) is 7.31. The van der Waals surface area contributed by atoms with Crippen LogP contribution in [-0.4, -0.2) is 19.8 Å². The molecule has 0 amide bonds. The van der Waals surface area contributed by atoms with Crippen LogP contribution in [0.25, 0.3) is 0 Å². The van der Waals surface area contributed by atoms with E-state index in [0.717, 1.165) is 18.0 Å². The van der Waals surface area contributed by atoms with Gasteiger partial charge in [-0.05, 0) is 31.4 Å². The summed E-state index contributed by atoms with van der Waals surface area (Å²) in [4.78, 5) is 0. The minimum Gasteiger partial charge on any atom is -0.497 e. The molecule has 0 aliphatic carbocycles. The number of quaternary nitrogens is 1. The Bertz CT molecular complexity index is 433. The lowest BCUT2D eigenvalue weighted by atomic mass is 9.82. The van der Waals surface area contributed by atoms with Crippen LogP contribution in [0.2, 0.25) is 0 Å². The third-order valence-electron chi connectivity index (χ3n) is 3.35. The molecule has 1 aromatic carbocycles. The molecule has 0 heterocycles. The van der Waals surface area contributed by atoms with Crippen molar-refractivity contribution in [2.45, 2.75) is 53.1 Å². The number of rotatable bonds is 6. The van der Waals surface area contributed by atoms with E-state index >= 15 is 0 Å². The van der Waals surface area contributed by atoms with E-state index in [0.29, 0.717) is 5.41 Å². The molecular weight excluding hydrogens is 250 g/mol. The van der Waals surface area contributed by atoms with Crippen molar-refractivity contribution in [3.63, 3.8) is 0 Å². The van der Waals surface area contributed by atoms with Gasteiger partial charge in [-0.1, -0.05) is 20.8 Å². The summed E-state index contributed by atoms with van der Waals surface area (Å²) in [6.07, 6.45) is 1.17. The Balaban J connectivity index is 2.74. The van der Waals surface area contributed by atoms with Crippen LogP contribution in [0.15, 0.2) is 18.2 Å². The molecule has 0 saturated carbocycles. The van der Waals surface area contributed by atoms with Crippen LogP contribution in [0, 0.1) is 5.41 Å². The first-order chi connectivity index (χ1) is 9.17. The molecule has 0 spiro atoms. The maximum absolute atomic E-state index is 5.45. The van der Waals surface area contributed by atoms with Crippen LogP contribution in [0.4, 0.5) is 0 Å². The Morgan fingerprint density at radius 2 is 1.65 bits per heavy atom. The first-order valence-corrected chi connectivity index (χ1v) is 7.22. The Morgan fingerprint density at radius 1 is 1.00 bits per heavy atom. The summed E-state index contributed by atoms with van der Waals surface area (Å²) in [5, 5.41) is 2.39. The molecule has 2 N–H and O–H groups in total. The average molecular weight is 280 g/mol. The zero-order valence-corrected chi connectivity index (χ0v) is 14.0. The molecule has 0 fully saturated rings. The van der Waals surface area contributed by atoms with Gasteiger partial charge in [0.05, 0.1) is 19.8 Å². The molecule has 0 saturated heterocycles. The lowest BCUT2D eigenvalue weighted by Gasteiger charge is -2.30. The van der Waals surface area contributed by atoms with E-state index in [2.05, 4.69) is 46.0 Å². The molecule has 3 heteroatoms. The number of ether oxygens (including phenoxy) is 2. The van der Waals surface area contributed by atoms with Gasteiger partial charge in [-0.3, -0.25) is 0 Å². The lowest BCUT2D eigenvalue weighted by Crippen LogP contribution is -2.94. The van der Waals surface area contributed by atoms with Gasteiger partial charge in [-0.2, -0.15) is 0 Å². The van der Waals surface area contributed by atoms with Crippen LogP contribution in [0.3, 0.4) is 0 Å². The summed E-state index contributed by atoms with van der Waals surface area (Å²) in [6.45, 7) is 12.4. The van der Waals surface area contributed by atoms with Crippen molar-refractivity contribution in [1.29, 1.82) is 0 Å². The van der Waals surface area contributed by atoms with Crippen molar-refractivity contribution in [3.8, 4) is 11.5 Å². The number of benzene rings is 1. The fourth-order valence-electron chi connectivity index (χ4n) is 2.85. The molecule has 0 aliphatic rings. The first kappa shape index (κ1) is 16.8. The van der Waals surface area contributed by atoms with Crippen LogP contribution in [0.5, 0.6) is 11.5 Å². The largest absolute Gasteiger partial charge is 0.497 e. The Morgan fingerprint density at radius 3 is 2.15 bits per heavy atom. The van der Waals surface area contributed by atoms with Crippen molar-refractivity contribution in [2.75, 3.05) is 14.2 Å². The van der Waals surface area contributed by atoms with Gasteiger partial charge in [0.15, 0.2) is 0 Å². The molecular formula is C17H30NO2+. The third-order valence-corrected chi connectivity index (χ3v) is 3.35. The van der Waals surface area contributed by atoms with Gasteiger partial charge in [0.1, 0.15) is 18.0 Å². The number of methoxy groups -OCH3 is 2. The van der Waals surface area contributed by atoms with Gasteiger partial charge in [0.2, 0.25) is 0 Å². The molecule has 0 bridgehead atoms. The van der Waals surface area contributed by atoms with Crippen molar-refractivity contribution >= 4 is 0 Å². The highest BCUT2D eigenvalue weighted by atomic mass is 16.5. The summed E-state index contributed by atoms with van der Waals surface area (Å²) in [5.74, 6) is 1.73. The first-order valence-electron chi connectivity index (χ1n) is 7.22. The Kier molecular flexibility index (Phi) is 5.46. The van der Waals surface area contributed by atoms with Crippen LogP contribution >= 0.6 is 0 Å². The number of hydrogen-bond acceptors (Lipinski definition) is 2. The summed E-state index contributed by atoms with van der Waals surface area (Å²) >= 11 is 0. The van der Waals surface area contributed by atoms with Crippen molar-refractivity contribution in [2.24, 2.45) is 5.41 Å². The summed E-state index contributed by atoms with van der Waals surface area (Å²) in [7, 11) is 3.38. The van der Waals surface area contributed by atoms with Crippen molar-refractivity contribution in [1.82, 2.24) is 0 Å².